The molecule has 1 aliphatic carbocycles. The molecule has 1 aromatic carbocycles. The molecule has 0 spiro atoms. The second-order valence-electron chi connectivity index (χ2n) is 5.94. The molecule has 2 rings (SSSR count). The maximum Gasteiger partial charge on any atom is 0.323 e. The van der Waals surface area contributed by atoms with Gasteiger partial charge in [0.2, 0.25) is 0 Å². The van der Waals surface area contributed by atoms with Gasteiger partial charge in [-0.15, -0.1) is 0 Å². The predicted molar refractivity (Wildman–Crippen MR) is 87.1 cm³/mol. The van der Waals surface area contributed by atoms with Crippen LogP contribution in [0.3, 0.4) is 0 Å². The van der Waals surface area contributed by atoms with Gasteiger partial charge < -0.3 is 10.0 Å². The molecular weight excluding hydrogens is 286 g/mol. The Balaban J connectivity index is 2.17. The Bertz CT molecular complexity index is 478. The molecule has 21 heavy (non-hydrogen) atoms. The molecule has 4 heteroatoms. The summed E-state index contributed by atoms with van der Waals surface area (Å²) in [6, 6.07) is 7.84. The van der Waals surface area contributed by atoms with Crippen molar-refractivity contribution in [2.75, 3.05) is 11.4 Å². The third-order valence-electron chi connectivity index (χ3n) is 4.52. The molecule has 0 aliphatic heterocycles. The van der Waals surface area contributed by atoms with Gasteiger partial charge in [-0.05, 0) is 43.4 Å². The average Bonchev–Trinajstić information content (AvgIpc) is 2.70. The van der Waals surface area contributed by atoms with Crippen molar-refractivity contribution >= 4 is 23.3 Å². The van der Waals surface area contributed by atoms with Crippen molar-refractivity contribution in [1.29, 1.82) is 0 Å². The number of hydrogen-bond donors (Lipinski definition) is 1. The van der Waals surface area contributed by atoms with Crippen molar-refractivity contribution in [1.82, 2.24) is 0 Å². The van der Waals surface area contributed by atoms with E-state index in [-0.39, 0.29) is 6.54 Å². The fourth-order valence-electron chi connectivity index (χ4n) is 3.31. The van der Waals surface area contributed by atoms with Crippen molar-refractivity contribution in [3.05, 3.63) is 29.3 Å². The number of carboxylic acid groups (broad SMARTS) is 1. The van der Waals surface area contributed by atoms with Gasteiger partial charge in [0.05, 0.1) is 0 Å². The van der Waals surface area contributed by atoms with E-state index in [1.807, 2.05) is 29.2 Å². The van der Waals surface area contributed by atoms with E-state index in [9.17, 15) is 9.90 Å². The number of hydrogen-bond acceptors (Lipinski definition) is 2. The lowest BCUT2D eigenvalue weighted by Crippen LogP contribution is -2.39. The molecule has 1 fully saturated rings. The van der Waals surface area contributed by atoms with E-state index in [0.717, 1.165) is 24.4 Å². The fourth-order valence-corrected chi connectivity index (χ4v) is 3.50. The van der Waals surface area contributed by atoms with Crippen LogP contribution < -0.4 is 4.90 Å². The zero-order valence-corrected chi connectivity index (χ0v) is 13.4. The van der Waals surface area contributed by atoms with Crippen LogP contribution in [0.2, 0.25) is 5.02 Å². The van der Waals surface area contributed by atoms with Crippen molar-refractivity contribution in [3.8, 4) is 0 Å². The summed E-state index contributed by atoms with van der Waals surface area (Å²) in [6.07, 6.45) is 7.00. The van der Waals surface area contributed by atoms with Crippen molar-refractivity contribution < 1.29 is 9.90 Å². The topological polar surface area (TPSA) is 40.5 Å². The molecule has 0 heterocycles. The van der Waals surface area contributed by atoms with E-state index in [0.29, 0.717) is 11.1 Å². The van der Waals surface area contributed by atoms with Crippen LogP contribution in [0.5, 0.6) is 0 Å². The first-order valence-electron chi connectivity index (χ1n) is 7.84. The van der Waals surface area contributed by atoms with Gasteiger partial charge in [0.15, 0.2) is 0 Å². The molecule has 116 valence electrons. The number of nitrogens with zero attached hydrogens (tertiary/aromatic N) is 1. The van der Waals surface area contributed by atoms with E-state index in [1.165, 1.54) is 25.7 Å². The van der Waals surface area contributed by atoms with Gasteiger partial charge in [-0.25, -0.2) is 0 Å². The largest absolute Gasteiger partial charge is 0.480 e. The van der Waals surface area contributed by atoms with E-state index < -0.39 is 5.97 Å². The number of carbonyl (C=O) groups is 1. The molecule has 2 unspecified atom stereocenters. The highest BCUT2D eigenvalue weighted by molar-refractivity contribution is 6.30. The highest BCUT2D eigenvalue weighted by atomic mass is 35.5. The molecule has 2 atom stereocenters. The first-order chi connectivity index (χ1) is 10.1. The summed E-state index contributed by atoms with van der Waals surface area (Å²) in [6.45, 7) is 2.29. The van der Waals surface area contributed by atoms with E-state index in [4.69, 9.17) is 11.6 Å². The summed E-state index contributed by atoms with van der Waals surface area (Å²) >= 11 is 6.07. The Kier molecular flexibility index (Phi) is 5.92. The fraction of sp³-hybridized carbons (Fsp3) is 0.588. The van der Waals surface area contributed by atoms with Crippen LogP contribution in [-0.2, 0) is 4.79 Å². The standard InChI is InChI=1S/C17H24ClNO2/c1-2-13-5-3-7-15(10-9-13)19(12-17(20)21)16-8-4-6-14(18)11-16/h4,6,8,11,13,15H,2-3,5,7,9-10,12H2,1H3,(H,20,21). The Morgan fingerprint density at radius 3 is 2.81 bits per heavy atom. The van der Waals surface area contributed by atoms with Crippen molar-refractivity contribution in [2.45, 2.75) is 51.5 Å². The zero-order valence-electron chi connectivity index (χ0n) is 12.6. The van der Waals surface area contributed by atoms with Gasteiger partial charge in [0, 0.05) is 16.8 Å². The summed E-state index contributed by atoms with van der Waals surface area (Å²) in [5, 5.41) is 9.89. The zero-order chi connectivity index (χ0) is 15.2. The summed E-state index contributed by atoms with van der Waals surface area (Å²) < 4.78 is 0. The third-order valence-corrected chi connectivity index (χ3v) is 4.76. The first-order valence-corrected chi connectivity index (χ1v) is 8.22. The lowest BCUT2D eigenvalue weighted by molar-refractivity contribution is -0.135. The molecular formula is C17H24ClNO2. The molecule has 1 saturated carbocycles. The number of benzene rings is 1. The second kappa shape index (κ2) is 7.69. The normalized spacial score (nSPS) is 22.6. The van der Waals surface area contributed by atoms with Gasteiger partial charge in [-0.3, -0.25) is 4.79 Å². The lowest BCUT2D eigenvalue weighted by Gasteiger charge is -2.32. The van der Waals surface area contributed by atoms with Crippen LogP contribution >= 0.6 is 11.6 Å². The highest BCUT2D eigenvalue weighted by Gasteiger charge is 2.25. The minimum atomic E-state index is -0.786. The first kappa shape index (κ1) is 16.2. The Labute approximate surface area is 131 Å². The number of aliphatic carboxylic acids is 1. The monoisotopic (exact) mass is 309 g/mol. The summed E-state index contributed by atoms with van der Waals surface area (Å²) in [5.41, 5.74) is 0.921. The lowest BCUT2D eigenvalue weighted by atomic mass is 9.97. The Hall–Kier alpha value is -1.22. The SMILES string of the molecule is CCC1CCCC(N(CC(=O)O)c2cccc(Cl)c2)CC1. The maximum atomic E-state index is 11.2. The van der Waals surface area contributed by atoms with E-state index in [2.05, 4.69) is 6.92 Å². The van der Waals surface area contributed by atoms with Gasteiger partial charge in [-0.1, -0.05) is 43.9 Å². The van der Waals surface area contributed by atoms with Gasteiger partial charge in [0.25, 0.3) is 0 Å². The third kappa shape index (κ3) is 4.63. The van der Waals surface area contributed by atoms with Gasteiger partial charge in [0.1, 0.15) is 6.54 Å². The summed E-state index contributed by atoms with van der Waals surface area (Å²) in [7, 11) is 0. The van der Waals surface area contributed by atoms with Crippen molar-refractivity contribution in [2.24, 2.45) is 5.92 Å². The number of carboxylic acids is 1. The van der Waals surface area contributed by atoms with Crippen LogP contribution in [0.15, 0.2) is 24.3 Å². The number of rotatable bonds is 5. The smallest absolute Gasteiger partial charge is 0.323 e. The van der Waals surface area contributed by atoms with Gasteiger partial charge >= 0.3 is 5.97 Å². The van der Waals surface area contributed by atoms with E-state index in [1.54, 1.807) is 0 Å². The molecule has 1 aromatic rings. The Morgan fingerprint density at radius 1 is 1.33 bits per heavy atom. The molecule has 3 nitrogen and oxygen atoms in total. The molecule has 0 aromatic heterocycles. The molecule has 0 radical (unpaired) electrons. The summed E-state index contributed by atoms with van der Waals surface area (Å²) in [4.78, 5) is 13.3. The van der Waals surface area contributed by atoms with Crippen LogP contribution in [0.4, 0.5) is 5.69 Å². The maximum absolute atomic E-state index is 11.2. The summed E-state index contributed by atoms with van der Waals surface area (Å²) in [5.74, 6) is 0.00676. The van der Waals surface area contributed by atoms with Crippen LogP contribution in [0.25, 0.3) is 0 Å². The molecule has 0 saturated heterocycles. The average molecular weight is 310 g/mol. The van der Waals surface area contributed by atoms with Crippen molar-refractivity contribution in [3.63, 3.8) is 0 Å². The minimum Gasteiger partial charge on any atom is -0.480 e. The van der Waals surface area contributed by atoms with E-state index >= 15 is 0 Å². The Morgan fingerprint density at radius 2 is 2.14 bits per heavy atom. The molecule has 0 bridgehead atoms. The highest BCUT2D eigenvalue weighted by Crippen LogP contribution is 2.31. The van der Waals surface area contributed by atoms with Crippen LogP contribution in [-0.4, -0.2) is 23.7 Å². The quantitative estimate of drug-likeness (QED) is 0.809. The van der Waals surface area contributed by atoms with Crippen LogP contribution in [0.1, 0.15) is 45.4 Å². The molecule has 1 N–H and O–H groups in total. The second-order valence-corrected chi connectivity index (χ2v) is 6.37. The van der Waals surface area contributed by atoms with Gasteiger partial charge in [-0.2, -0.15) is 0 Å². The minimum absolute atomic E-state index is 0.0435. The predicted octanol–water partition coefficient (Wildman–Crippen LogP) is 4.59. The van der Waals surface area contributed by atoms with Crippen LogP contribution in [0, 0.1) is 5.92 Å². The molecule has 0 amide bonds. The molecule has 1 aliphatic rings. The number of anilines is 1. The number of halogens is 1.